The van der Waals surface area contributed by atoms with E-state index in [0.717, 1.165) is 29.7 Å². The number of aliphatic hydroxyl groups is 1. The topological polar surface area (TPSA) is 98.0 Å². The quantitative estimate of drug-likeness (QED) is 0.629. The first-order valence-corrected chi connectivity index (χ1v) is 9.74. The van der Waals surface area contributed by atoms with Crippen molar-refractivity contribution in [3.8, 4) is 11.5 Å². The van der Waals surface area contributed by atoms with Gasteiger partial charge in [0.25, 0.3) is 5.91 Å². The molecule has 2 N–H and O–H groups in total. The number of para-hydroxylation sites is 1. The zero-order valence-electron chi connectivity index (χ0n) is 16.9. The molecule has 1 amide bonds. The lowest BCUT2D eigenvalue weighted by Crippen LogP contribution is -2.43. The fourth-order valence-electron chi connectivity index (χ4n) is 4.01. The second-order valence-electron chi connectivity index (χ2n) is 7.42. The van der Waals surface area contributed by atoms with Gasteiger partial charge in [-0.15, -0.1) is 0 Å². The highest BCUT2D eigenvalue weighted by molar-refractivity contribution is 5.97. The van der Waals surface area contributed by atoms with Gasteiger partial charge in [0.15, 0.2) is 11.3 Å². The van der Waals surface area contributed by atoms with Gasteiger partial charge in [0.1, 0.15) is 16.9 Å². The predicted molar refractivity (Wildman–Crippen MR) is 111 cm³/mol. The van der Waals surface area contributed by atoms with Gasteiger partial charge in [0.2, 0.25) is 0 Å². The molecule has 0 spiro atoms. The summed E-state index contributed by atoms with van der Waals surface area (Å²) in [4.78, 5) is 25.1. The molecule has 0 saturated heterocycles. The summed E-state index contributed by atoms with van der Waals surface area (Å²) >= 11 is 0. The number of fused-ring (bicyclic) bond motifs is 2. The van der Waals surface area contributed by atoms with E-state index in [4.69, 9.17) is 13.9 Å². The summed E-state index contributed by atoms with van der Waals surface area (Å²) in [5, 5.41) is 14.5. The molecule has 156 valence electrons. The van der Waals surface area contributed by atoms with E-state index in [-0.39, 0.29) is 17.7 Å². The molecule has 3 aromatic rings. The fourth-order valence-corrected chi connectivity index (χ4v) is 4.01. The molecule has 2 aromatic carbocycles. The van der Waals surface area contributed by atoms with Crippen LogP contribution >= 0.6 is 0 Å². The monoisotopic (exact) mass is 409 g/mol. The van der Waals surface area contributed by atoms with Crippen LogP contribution in [-0.4, -0.2) is 31.8 Å². The van der Waals surface area contributed by atoms with E-state index in [2.05, 4.69) is 5.32 Å². The van der Waals surface area contributed by atoms with Crippen LogP contribution in [0.4, 0.5) is 0 Å². The van der Waals surface area contributed by atoms with Gasteiger partial charge in [0, 0.05) is 5.39 Å². The van der Waals surface area contributed by atoms with Gasteiger partial charge < -0.3 is 24.3 Å². The van der Waals surface area contributed by atoms with Crippen molar-refractivity contribution in [3.63, 3.8) is 0 Å². The molecular weight excluding hydrogens is 386 g/mol. The van der Waals surface area contributed by atoms with E-state index in [1.165, 1.54) is 13.2 Å². The van der Waals surface area contributed by atoms with Gasteiger partial charge in [-0.05, 0) is 54.7 Å². The molecule has 1 atom stereocenters. The van der Waals surface area contributed by atoms with Crippen molar-refractivity contribution in [1.29, 1.82) is 0 Å². The Morgan fingerprint density at radius 1 is 1.20 bits per heavy atom. The number of amides is 1. The van der Waals surface area contributed by atoms with Crippen molar-refractivity contribution < 1.29 is 23.8 Å². The van der Waals surface area contributed by atoms with Crippen LogP contribution in [0.2, 0.25) is 0 Å². The summed E-state index contributed by atoms with van der Waals surface area (Å²) in [7, 11) is 3.08. The molecule has 0 radical (unpaired) electrons. The van der Waals surface area contributed by atoms with E-state index in [1.807, 2.05) is 12.1 Å². The van der Waals surface area contributed by atoms with E-state index in [1.54, 1.807) is 31.4 Å². The van der Waals surface area contributed by atoms with E-state index in [9.17, 15) is 14.7 Å². The van der Waals surface area contributed by atoms with Crippen LogP contribution in [0.3, 0.4) is 0 Å². The number of hydrogen-bond donors (Lipinski definition) is 2. The van der Waals surface area contributed by atoms with E-state index < -0.39 is 17.1 Å². The number of rotatable bonds is 5. The maximum atomic E-state index is 12.7. The van der Waals surface area contributed by atoms with Crippen LogP contribution in [0.5, 0.6) is 11.5 Å². The third kappa shape index (κ3) is 3.52. The zero-order chi connectivity index (χ0) is 21.3. The third-order valence-electron chi connectivity index (χ3n) is 5.58. The highest BCUT2D eigenvalue weighted by atomic mass is 16.5. The average molecular weight is 409 g/mol. The summed E-state index contributed by atoms with van der Waals surface area (Å²) < 4.78 is 15.8. The van der Waals surface area contributed by atoms with Crippen LogP contribution in [0, 0.1) is 0 Å². The summed E-state index contributed by atoms with van der Waals surface area (Å²) in [6.45, 7) is -0.0131. The van der Waals surface area contributed by atoms with Crippen LogP contribution in [0.25, 0.3) is 11.0 Å². The van der Waals surface area contributed by atoms with Gasteiger partial charge in [-0.2, -0.15) is 0 Å². The Balaban J connectivity index is 1.59. The predicted octanol–water partition coefficient (Wildman–Crippen LogP) is 2.76. The minimum Gasteiger partial charge on any atom is -0.497 e. The molecular formula is C23H23NO6. The highest BCUT2D eigenvalue weighted by Crippen LogP contribution is 2.36. The zero-order valence-corrected chi connectivity index (χ0v) is 16.9. The molecule has 7 nitrogen and oxygen atoms in total. The molecule has 30 heavy (non-hydrogen) atoms. The van der Waals surface area contributed by atoms with Gasteiger partial charge in [0.05, 0.1) is 20.8 Å². The molecule has 7 heteroatoms. The second-order valence-corrected chi connectivity index (χ2v) is 7.42. The standard InChI is InChI=1S/C23H23NO6/c1-28-16-8-9-18-14(11-16)6-4-10-23(18,27)13-24-21(25)17-12-15-5-3-7-19(29-2)20(15)30-22(17)26/h3,5,7-9,11-12,27H,4,6,10,13H2,1-2H3,(H,24,25)/t23-/m1/s1. The number of hydrogen-bond acceptors (Lipinski definition) is 6. The average Bonchev–Trinajstić information content (AvgIpc) is 2.76. The Hall–Kier alpha value is -3.32. The van der Waals surface area contributed by atoms with Crippen molar-refractivity contribution in [2.24, 2.45) is 0 Å². The van der Waals surface area contributed by atoms with Gasteiger partial charge in [-0.1, -0.05) is 18.2 Å². The molecule has 0 unspecified atom stereocenters. The maximum absolute atomic E-state index is 12.7. The summed E-state index contributed by atoms with van der Waals surface area (Å²) in [6, 6.07) is 12.2. The van der Waals surface area contributed by atoms with Crippen molar-refractivity contribution in [3.05, 3.63) is 69.6 Å². The van der Waals surface area contributed by atoms with Crippen molar-refractivity contribution >= 4 is 16.9 Å². The molecule has 1 aliphatic carbocycles. The Kier molecular flexibility index (Phi) is 5.22. The lowest BCUT2D eigenvalue weighted by molar-refractivity contribution is 0.0188. The van der Waals surface area contributed by atoms with Crippen LogP contribution in [0.15, 0.2) is 51.7 Å². The number of ether oxygens (including phenoxy) is 2. The summed E-state index contributed by atoms with van der Waals surface area (Å²) in [5.41, 5.74) is -0.0408. The van der Waals surface area contributed by atoms with Gasteiger partial charge in [-0.25, -0.2) is 4.79 Å². The van der Waals surface area contributed by atoms with Crippen molar-refractivity contribution in [2.45, 2.75) is 24.9 Å². The van der Waals surface area contributed by atoms with Crippen LogP contribution < -0.4 is 20.4 Å². The first-order chi connectivity index (χ1) is 14.4. The molecule has 0 bridgehead atoms. The number of carbonyl (C=O) groups is 1. The minimum absolute atomic E-state index is 0.0131. The Morgan fingerprint density at radius 2 is 2.03 bits per heavy atom. The van der Waals surface area contributed by atoms with Crippen LogP contribution in [0.1, 0.15) is 34.3 Å². The molecule has 0 fully saturated rings. The molecule has 1 heterocycles. The molecule has 1 aromatic heterocycles. The van der Waals surface area contributed by atoms with E-state index in [0.29, 0.717) is 17.6 Å². The number of carbonyl (C=O) groups excluding carboxylic acids is 1. The summed E-state index contributed by atoms with van der Waals surface area (Å²) in [6.07, 6.45) is 2.12. The SMILES string of the molecule is COc1ccc2c(c1)CCC[C@@]2(O)CNC(=O)c1cc2cccc(OC)c2oc1=O. The second kappa shape index (κ2) is 7.84. The number of methoxy groups -OCH3 is 2. The van der Waals surface area contributed by atoms with Crippen LogP contribution in [-0.2, 0) is 12.0 Å². The van der Waals surface area contributed by atoms with Crippen molar-refractivity contribution in [2.75, 3.05) is 20.8 Å². The largest absolute Gasteiger partial charge is 0.497 e. The molecule has 1 aliphatic rings. The fraction of sp³-hybridized carbons (Fsp3) is 0.304. The third-order valence-corrected chi connectivity index (χ3v) is 5.58. The lowest BCUT2D eigenvalue weighted by Gasteiger charge is -2.34. The molecule has 4 rings (SSSR count). The van der Waals surface area contributed by atoms with Gasteiger partial charge >= 0.3 is 5.63 Å². The highest BCUT2D eigenvalue weighted by Gasteiger charge is 2.35. The molecule has 0 aliphatic heterocycles. The molecule has 0 saturated carbocycles. The normalized spacial score (nSPS) is 18.0. The number of nitrogens with one attached hydrogen (secondary N) is 1. The lowest BCUT2D eigenvalue weighted by atomic mass is 9.79. The first-order valence-electron chi connectivity index (χ1n) is 9.74. The number of benzene rings is 2. The Bertz CT molecular complexity index is 1170. The van der Waals surface area contributed by atoms with Crippen molar-refractivity contribution in [1.82, 2.24) is 5.32 Å². The van der Waals surface area contributed by atoms with Gasteiger partial charge in [-0.3, -0.25) is 4.79 Å². The maximum Gasteiger partial charge on any atom is 0.349 e. The number of aryl methyl sites for hydroxylation is 1. The Morgan fingerprint density at radius 3 is 2.80 bits per heavy atom. The minimum atomic E-state index is -1.21. The van der Waals surface area contributed by atoms with E-state index >= 15 is 0 Å². The Labute approximate surface area is 173 Å². The smallest absolute Gasteiger partial charge is 0.349 e. The first kappa shape index (κ1) is 20.0. The summed E-state index contributed by atoms with van der Waals surface area (Å²) in [5.74, 6) is 0.550.